The van der Waals surface area contributed by atoms with E-state index in [4.69, 9.17) is 4.74 Å². The molecule has 6 heteroatoms. The molecule has 0 saturated heterocycles. The largest absolute Gasteiger partial charge is 0.494 e. The molecular weight excluding hydrogens is 378 g/mol. The third-order valence-corrected chi connectivity index (χ3v) is 4.42. The van der Waals surface area contributed by atoms with Crippen LogP contribution in [0.15, 0.2) is 48.5 Å². The Labute approximate surface area is 179 Å². The topological polar surface area (TPSA) is 79.5 Å². The molecule has 0 bridgehead atoms. The van der Waals surface area contributed by atoms with Crippen LogP contribution in [0.25, 0.3) is 0 Å². The maximum Gasteiger partial charge on any atom is 0.251 e. The van der Waals surface area contributed by atoms with Gasteiger partial charge in [-0.05, 0) is 68.8 Å². The zero-order valence-electron chi connectivity index (χ0n) is 18.2. The van der Waals surface area contributed by atoms with Crippen LogP contribution in [0.4, 0.5) is 11.4 Å². The monoisotopic (exact) mass is 411 g/mol. The van der Waals surface area contributed by atoms with E-state index in [-0.39, 0.29) is 24.4 Å². The van der Waals surface area contributed by atoms with Crippen molar-refractivity contribution in [2.45, 2.75) is 52.5 Å². The summed E-state index contributed by atoms with van der Waals surface area (Å²) >= 11 is 0. The fraction of sp³-hybridized carbons (Fsp3) is 0.417. The number of unbranched alkanes of at least 4 members (excludes halogenated alkanes) is 3. The highest BCUT2D eigenvalue weighted by atomic mass is 16.5. The molecule has 2 rings (SSSR count). The highest BCUT2D eigenvalue weighted by Gasteiger charge is 2.08. The molecule has 0 heterocycles. The van der Waals surface area contributed by atoms with E-state index in [0.29, 0.717) is 11.3 Å². The number of rotatable bonds is 12. The van der Waals surface area contributed by atoms with Crippen LogP contribution in [-0.2, 0) is 4.79 Å². The Morgan fingerprint density at radius 3 is 2.20 bits per heavy atom. The first kappa shape index (κ1) is 23.3. The van der Waals surface area contributed by atoms with Crippen LogP contribution in [-0.4, -0.2) is 31.0 Å². The molecule has 0 radical (unpaired) electrons. The molecule has 3 N–H and O–H groups in total. The van der Waals surface area contributed by atoms with Crippen molar-refractivity contribution in [2.24, 2.45) is 0 Å². The van der Waals surface area contributed by atoms with Gasteiger partial charge in [-0.15, -0.1) is 0 Å². The Morgan fingerprint density at radius 2 is 1.57 bits per heavy atom. The number of ether oxygens (including phenoxy) is 1. The van der Waals surface area contributed by atoms with Gasteiger partial charge >= 0.3 is 0 Å². The quantitative estimate of drug-likeness (QED) is 0.437. The summed E-state index contributed by atoms with van der Waals surface area (Å²) in [6, 6.07) is 14.5. The first-order valence-electron chi connectivity index (χ1n) is 10.7. The summed E-state index contributed by atoms with van der Waals surface area (Å²) in [6.45, 7) is 6.89. The first-order valence-corrected chi connectivity index (χ1v) is 10.7. The van der Waals surface area contributed by atoms with Gasteiger partial charge in [0.1, 0.15) is 5.75 Å². The number of anilines is 2. The third-order valence-electron chi connectivity index (χ3n) is 4.42. The number of amides is 2. The molecule has 0 saturated carbocycles. The van der Waals surface area contributed by atoms with Crippen molar-refractivity contribution in [3.05, 3.63) is 54.1 Å². The number of carbonyl (C=O) groups excluding carboxylic acids is 2. The SMILES string of the molecule is CCCCCCOc1ccc(NCC(=O)Nc2ccc(C(=O)NC(C)C)cc2)cc1. The lowest BCUT2D eigenvalue weighted by Crippen LogP contribution is -2.30. The van der Waals surface area contributed by atoms with Crippen molar-refractivity contribution < 1.29 is 14.3 Å². The second-order valence-corrected chi connectivity index (χ2v) is 7.54. The fourth-order valence-corrected chi connectivity index (χ4v) is 2.83. The molecular formula is C24H33N3O3. The second kappa shape index (κ2) is 12.5. The normalized spacial score (nSPS) is 10.5. The Kier molecular flexibility index (Phi) is 9.71. The molecule has 162 valence electrons. The number of hydrogen-bond donors (Lipinski definition) is 3. The predicted octanol–water partition coefficient (Wildman–Crippen LogP) is 4.83. The van der Waals surface area contributed by atoms with Crippen molar-refractivity contribution in [1.82, 2.24) is 5.32 Å². The summed E-state index contributed by atoms with van der Waals surface area (Å²) in [5.74, 6) is 0.548. The van der Waals surface area contributed by atoms with E-state index in [2.05, 4.69) is 22.9 Å². The van der Waals surface area contributed by atoms with Gasteiger partial charge in [0.05, 0.1) is 13.2 Å². The number of benzene rings is 2. The lowest BCUT2D eigenvalue weighted by molar-refractivity contribution is -0.114. The van der Waals surface area contributed by atoms with Crippen molar-refractivity contribution in [2.75, 3.05) is 23.8 Å². The Morgan fingerprint density at radius 1 is 0.900 bits per heavy atom. The zero-order valence-corrected chi connectivity index (χ0v) is 18.2. The average Bonchev–Trinajstić information content (AvgIpc) is 2.73. The van der Waals surface area contributed by atoms with E-state index in [0.717, 1.165) is 24.5 Å². The number of hydrogen-bond acceptors (Lipinski definition) is 4. The number of nitrogens with one attached hydrogen (secondary N) is 3. The fourth-order valence-electron chi connectivity index (χ4n) is 2.83. The van der Waals surface area contributed by atoms with Crippen molar-refractivity contribution in [1.29, 1.82) is 0 Å². The Bertz CT molecular complexity index is 786. The molecule has 2 aromatic carbocycles. The molecule has 0 unspecified atom stereocenters. The minimum Gasteiger partial charge on any atom is -0.494 e. The molecule has 0 spiro atoms. The molecule has 0 atom stereocenters. The van der Waals surface area contributed by atoms with Gasteiger partial charge in [-0.2, -0.15) is 0 Å². The molecule has 0 aromatic heterocycles. The highest BCUT2D eigenvalue weighted by Crippen LogP contribution is 2.16. The summed E-state index contributed by atoms with van der Waals surface area (Å²) in [7, 11) is 0. The summed E-state index contributed by atoms with van der Waals surface area (Å²) in [6.07, 6.45) is 4.72. The van der Waals surface area contributed by atoms with E-state index < -0.39 is 0 Å². The summed E-state index contributed by atoms with van der Waals surface area (Å²) in [5, 5.41) is 8.75. The van der Waals surface area contributed by atoms with Crippen LogP contribution in [0, 0.1) is 0 Å². The average molecular weight is 412 g/mol. The summed E-state index contributed by atoms with van der Waals surface area (Å²) in [4.78, 5) is 24.1. The van der Waals surface area contributed by atoms with E-state index in [9.17, 15) is 9.59 Å². The van der Waals surface area contributed by atoms with Gasteiger partial charge in [-0.3, -0.25) is 9.59 Å². The highest BCUT2D eigenvalue weighted by molar-refractivity contribution is 5.96. The Hall–Kier alpha value is -3.02. The number of carbonyl (C=O) groups is 2. The Balaban J connectivity index is 1.73. The van der Waals surface area contributed by atoms with Crippen molar-refractivity contribution in [3.63, 3.8) is 0 Å². The van der Waals surface area contributed by atoms with Crippen LogP contribution >= 0.6 is 0 Å². The van der Waals surface area contributed by atoms with Gasteiger partial charge in [0, 0.05) is 23.0 Å². The molecule has 0 aliphatic carbocycles. The maximum atomic E-state index is 12.2. The zero-order chi connectivity index (χ0) is 21.8. The molecule has 0 fully saturated rings. The van der Waals surface area contributed by atoms with E-state index in [1.165, 1.54) is 19.3 Å². The predicted molar refractivity (Wildman–Crippen MR) is 122 cm³/mol. The van der Waals surface area contributed by atoms with Gasteiger partial charge in [0.25, 0.3) is 5.91 Å². The molecule has 2 aromatic rings. The lowest BCUT2D eigenvalue weighted by Gasteiger charge is -2.11. The standard InChI is InChI=1S/C24H33N3O3/c1-4-5-6-7-16-30-22-14-12-20(13-15-22)25-17-23(28)27-21-10-8-19(9-11-21)24(29)26-18(2)3/h8-15,18,25H,4-7,16-17H2,1-3H3,(H,26,29)(H,27,28). The molecule has 2 amide bonds. The van der Waals surface area contributed by atoms with Crippen LogP contribution in [0.3, 0.4) is 0 Å². The van der Waals surface area contributed by atoms with Crippen LogP contribution in [0.2, 0.25) is 0 Å². The third kappa shape index (κ3) is 8.55. The summed E-state index contributed by atoms with van der Waals surface area (Å²) in [5.41, 5.74) is 2.06. The van der Waals surface area contributed by atoms with Crippen LogP contribution in [0.1, 0.15) is 56.8 Å². The van der Waals surface area contributed by atoms with E-state index >= 15 is 0 Å². The van der Waals surface area contributed by atoms with Gasteiger partial charge in [-0.1, -0.05) is 26.2 Å². The molecule has 0 aliphatic heterocycles. The molecule has 0 aliphatic rings. The van der Waals surface area contributed by atoms with E-state index in [1.54, 1.807) is 24.3 Å². The van der Waals surface area contributed by atoms with Gasteiger partial charge < -0.3 is 20.7 Å². The minimum absolute atomic E-state index is 0.0781. The molecule has 30 heavy (non-hydrogen) atoms. The second-order valence-electron chi connectivity index (χ2n) is 7.54. The van der Waals surface area contributed by atoms with Crippen LogP contribution < -0.4 is 20.7 Å². The first-order chi connectivity index (χ1) is 14.5. The maximum absolute atomic E-state index is 12.2. The summed E-state index contributed by atoms with van der Waals surface area (Å²) < 4.78 is 5.72. The van der Waals surface area contributed by atoms with E-state index in [1.807, 2.05) is 38.1 Å². The van der Waals surface area contributed by atoms with Gasteiger partial charge in [-0.25, -0.2) is 0 Å². The smallest absolute Gasteiger partial charge is 0.251 e. The van der Waals surface area contributed by atoms with Crippen molar-refractivity contribution >= 4 is 23.2 Å². The van der Waals surface area contributed by atoms with Crippen LogP contribution in [0.5, 0.6) is 5.75 Å². The minimum atomic E-state index is -0.161. The molecule has 6 nitrogen and oxygen atoms in total. The van der Waals surface area contributed by atoms with Gasteiger partial charge in [0.15, 0.2) is 0 Å². The van der Waals surface area contributed by atoms with Gasteiger partial charge in [0.2, 0.25) is 5.91 Å². The van der Waals surface area contributed by atoms with Crippen molar-refractivity contribution in [3.8, 4) is 5.75 Å². The lowest BCUT2D eigenvalue weighted by atomic mass is 10.2.